The van der Waals surface area contributed by atoms with Crippen molar-refractivity contribution in [1.29, 1.82) is 0 Å². The molecule has 0 aliphatic heterocycles. The molecule has 1 aliphatic rings. The Morgan fingerprint density at radius 2 is 2.22 bits per heavy atom. The number of allylic oxidation sites excluding steroid dienone is 1. The van der Waals surface area contributed by atoms with Crippen molar-refractivity contribution in [2.45, 2.75) is 26.4 Å². The first-order valence-electron chi connectivity index (χ1n) is 3.36. The Morgan fingerprint density at radius 1 is 1.56 bits per heavy atom. The average Bonchev–Trinajstić information content (AvgIpc) is 2.10. The summed E-state index contributed by atoms with van der Waals surface area (Å²) in [5, 5.41) is 0. The van der Waals surface area contributed by atoms with Gasteiger partial charge < -0.3 is 4.74 Å². The van der Waals surface area contributed by atoms with Crippen molar-refractivity contribution >= 4 is 0 Å². The molecule has 0 amide bonds. The summed E-state index contributed by atoms with van der Waals surface area (Å²) in [5.74, 6) is 0. The summed E-state index contributed by atoms with van der Waals surface area (Å²) in [6.07, 6.45) is 5.85. The van der Waals surface area contributed by atoms with E-state index >= 15 is 0 Å². The number of ether oxygens (including phenoxy) is 1. The Bertz CT molecular complexity index is 125. The van der Waals surface area contributed by atoms with E-state index in [0.717, 1.165) is 6.42 Å². The van der Waals surface area contributed by atoms with E-state index in [-0.39, 0.29) is 0 Å². The van der Waals surface area contributed by atoms with E-state index in [4.69, 9.17) is 4.74 Å². The van der Waals surface area contributed by atoms with Crippen LogP contribution in [0.15, 0.2) is 12.2 Å². The summed E-state index contributed by atoms with van der Waals surface area (Å²) in [5.41, 5.74) is 0.362. The molecule has 0 saturated carbocycles. The van der Waals surface area contributed by atoms with Gasteiger partial charge in [0.2, 0.25) is 0 Å². The summed E-state index contributed by atoms with van der Waals surface area (Å²) in [4.78, 5) is 0. The number of rotatable bonds is 1. The lowest BCUT2D eigenvalue weighted by Gasteiger charge is -2.15. The van der Waals surface area contributed by atoms with Gasteiger partial charge in [-0.3, -0.25) is 0 Å². The van der Waals surface area contributed by atoms with Crippen LogP contribution in [0.4, 0.5) is 0 Å². The largest absolute Gasteiger partial charge is 0.377 e. The minimum absolute atomic E-state index is 0.361. The van der Waals surface area contributed by atoms with Gasteiger partial charge in [-0.25, -0.2) is 0 Å². The maximum Gasteiger partial charge on any atom is 0.0760 e. The van der Waals surface area contributed by atoms with Gasteiger partial charge in [-0.2, -0.15) is 0 Å². The summed E-state index contributed by atoms with van der Waals surface area (Å²) < 4.78 is 5.16. The first kappa shape index (κ1) is 6.81. The van der Waals surface area contributed by atoms with Crippen LogP contribution in [0.1, 0.15) is 20.3 Å². The predicted molar refractivity (Wildman–Crippen MR) is 38.3 cm³/mol. The lowest BCUT2D eigenvalue weighted by Crippen LogP contribution is -2.10. The quantitative estimate of drug-likeness (QED) is 0.488. The summed E-state index contributed by atoms with van der Waals surface area (Å²) in [6.45, 7) is 4.45. The second kappa shape index (κ2) is 2.14. The van der Waals surface area contributed by atoms with Crippen molar-refractivity contribution in [2.75, 3.05) is 7.11 Å². The molecule has 1 nitrogen and oxygen atoms in total. The van der Waals surface area contributed by atoms with Crippen LogP contribution in [0.5, 0.6) is 0 Å². The van der Waals surface area contributed by atoms with Crippen LogP contribution in [0.25, 0.3) is 0 Å². The molecule has 0 aromatic carbocycles. The number of hydrogen-bond acceptors (Lipinski definition) is 1. The van der Waals surface area contributed by atoms with Crippen molar-refractivity contribution < 1.29 is 4.74 Å². The highest BCUT2D eigenvalue weighted by Gasteiger charge is 2.24. The first-order chi connectivity index (χ1) is 4.14. The second-order valence-electron chi connectivity index (χ2n) is 3.33. The van der Waals surface area contributed by atoms with Crippen LogP contribution >= 0.6 is 0 Å². The maximum absolute atomic E-state index is 5.16. The van der Waals surface area contributed by atoms with E-state index < -0.39 is 0 Å². The minimum atomic E-state index is 0.361. The van der Waals surface area contributed by atoms with Gasteiger partial charge in [-0.05, 0) is 11.8 Å². The Kier molecular flexibility index (Phi) is 1.62. The number of hydrogen-bond donors (Lipinski definition) is 0. The molecule has 0 bridgehead atoms. The normalized spacial score (nSPS) is 31.2. The fourth-order valence-corrected chi connectivity index (χ4v) is 1.18. The molecule has 1 rings (SSSR count). The van der Waals surface area contributed by atoms with Gasteiger partial charge in [0.25, 0.3) is 0 Å². The first-order valence-corrected chi connectivity index (χ1v) is 3.36. The van der Waals surface area contributed by atoms with E-state index in [9.17, 15) is 0 Å². The molecule has 0 heterocycles. The van der Waals surface area contributed by atoms with E-state index in [0.29, 0.717) is 11.5 Å². The standard InChI is InChI=1S/C8H14O/c1-8(2)5-4-7(6-8)9-3/h4-5,7H,6H2,1-3H3/t7-/m0/s1. The van der Waals surface area contributed by atoms with Crippen LogP contribution in [0.3, 0.4) is 0 Å². The van der Waals surface area contributed by atoms with Crippen LogP contribution in [-0.4, -0.2) is 13.2 Å². The van der Waals surface area contributed by atoms with E-state index in [1.807, 2.05) is 0 Å². The molecule has 0 fully saturated rings. The zero-order valence-electron chi connectivity index (χ0n) is 6.35. The molecule has 9 heavy (non-hydrogen) atoms. The zero-order chi connectivity index (χ0) is 6.91. The summed E-state index contributed by atoms with van der Waals surface area (Å²) in [6, 6.07) is 0. The van der Waals surface area contributed by atoms with Gasteiger partial charge in [0.1, 0.15) is 0 Å². The lowest BCUT2D eigenvalue weighted by atomic mass is 9.93. The maximum atomic E-state index is 5.16. The monoisotopic (exact) mass is 126 g/mol. The van der Waals surface area contributed by atoms with Crippen LogP contribution in [0, 0.1) is 5.41 Å². The third-order valence-electron chi connectivity index (χ3n) is 1.79. The van der Waals surface area contributed by atoms with Gasteiger partial charge >= 0.3 is 0 Å². The fraction of sp³-hybridized carbons (Fsp3) is 0.750. The Hall–Kier alpha value is -0.300. The van der Waals surface area contributed by atoms with Crippen molar-refractivity contribution in [1.82, 2.24) is 0 Å². The molecule has 0 saturated heterocycles. The van der Waals surface area contributed by atoms with Crippen molar-refractivity contribution in [2.24, 2.45) is 5.41 Å². The molecule has 0 N–H and O–H groups in total. The predicted octanol–water partition coefficient (Wildman–Crippen LogP) is 1.99. The molecule has 52 valence electrons. The average molecular weight is 126 g/mol. The minimum Gasteiger partial charge on any atom is -0.377 e. The molecule has 0 radical (unpaired) electrons. The molecular weight excluding hydrogens is 112 g/mol. The lowest BCUT2D eigenvalue weighted by molar-refractivity contribution is 0.122. The van der Waals surface area contributed by atoms with Crippen LogP contribution in [-0.2, 0) is 4.74 Å². The van der Waals surface area contributed by atoms with Gasteiger partial charge in [-0.1, -0.05) is 26.0 Å². The Labute approximate surface area is 56.7 Å². The fourth-order valence-electron chi connectivity index (χ4n) is 1.18. The Balaban J connectivity index is 2.50. The van der Waals surface area contributed by atoms with Gasteiger partial charge in [0.05, 0.1) is 6.10 Å². The molecule has 0 spiro atoms. The molecular formula is C8H14O. The van der Waals surface area contributed by atoms with Gasteiger partial charge in [0.15, 0.2) is 0 Å². The summed E-state index contributed by atoms with van der Waals surface area (Å²) >= 11 is 0. The van der Waals surface area contributed by atoms with Gasteiger partial charge in [-0.15, -0.1) is 0 Å². The Morgan fingerprint density at radius 3 is 2.44 bits per heavy atom. The van der Waals surface area contributed by atoms with Crippen molar-refractivity contribution in [3.63, 3.8) is 0 Å². The third kappa shape index (κ3) is 1.55. The highest BCUT2D eigenvalue weighted by molar-refractivity contribution is 5.08. The topological polar surface area (TPSA) is 9.23 Å². The highest BCUT2D eigenvalue weighted by Crippen LogP contribution is 2.31. The smallest absolute Gasteiger partial charge is 0.0760 e. The number of methoxy groups -OCH3 is 1. The van der Waals surface area contributed by atoms with Crippen molar-refractivity contribution in [3.05, 3.63) is 12.2 Å². The molecule has 0 aromatic heterocycles. The molecule has 1 aliphatic carbocycles. The van der Waals surface area contributed by atoms with E-state index in [1.165, 1.54) is 0 Å². The second-order valence-corrected chi connectivity index (χ2v) is 3.33. The highest BCUT2D eigenvalue weighted by atomic mass is 16.5. The molecule has 1 atom stereocenters. The molecule has 0 unspecified atom stereocenters. The van der Waals surface area contributed by atoms with Crippen LogP contribution < -0.4 is 0 Å². The van der Waals surface area contributed by atoms with Crippen molar-refractivity contribution in [3.8, 4) is 0 Å². The van der Waals surface area contributed by atoms with E-state index in [1.54, 1.807) is 7.11 Å². The zero-order valence-corrected chi connectivity index (χ0v) is 6.35. The van der Waals surface area contributed by atoms with Gasteiger partial charge in [0, 0.05) is 7.11 Å². The van der Waals surface area contributed by atoms with E-state index in [2.05, 4.69) is 26.0 Å². The SMILES string of the molecule is CO[C@H]1C=CC(C)(C)C1. The molecule has 0 aromatic rings. The third-order valence-corrected chi connectivity index (χ3v) is 1.79. The molecule has 1 heteroatoms. The summed E-state index contributed by atoms with van der Waals surface area (Å²) in [7, 11) is 1.76. The van der Waals surface area contributed by atoms with Crippen LogP contribution in [0.2, 0.25) is 0 Å².